The van der Waals surface area contributed by atoms with Gasteiger partial charge in [0.2, 0.25) is 5.91 Å². The average Bonchev–Trinajstić information content (AvgIpc) is 3.21. The van der Waals surface area contributed by atoms with E-state index in [4.69, 9.17) is 9.51 Å². The predicted molar refractivity (Wildman–Crippen MR) is 113 cm³/mol. The maximum absolute atomic E-state index is 12.0. The van der Waals surface area contributed by atoms with Crippen molar-refractivity contribution < 1.29 is 9.32 Å². The molecule has 0 aliphatic carbocycles. The third-order valence-electron chi connectivity index (χ3n) is 5.21. The van der Waals surface area contributed by atoms with Gasteiger partial charge in [-0.25, -0.2) is 4.98 Å². The number of benzene rings is 1. The molecule has 29 heavy (non-hydrogen) atoms. The summed E-state index contributed by atoms with van der Waals surface area (Å²) in [5, 5.41) is 8.08. The Kier molecular flexibility index (Phi) is 6.03. The number of nitrogens with zero attached hydrogens (tertiary/aromatic N) is 4. The average molecular weight is 393 g/mol. The molecule has 0 atom stereocenters. The summed E-state index contributed by atoms with van der Waals surface area (Å²) in [6.07, 6.45) is 5.30. The van der Waals surface area contributed by atoms with Crippen LogP contribution < -0.4 is 10.2 Å². The smallest absolute Gasteiger partial charge is 0.263 e. The molecule has 1 amide bonds. The fourth-order valence-corrected chi connectivity index (χ4v) is 3.70. The number of carbonyl (C=O) groups is 1. The molecule has 0 saturated carbocycles. The first kappa shape index (κ1) is 19.4. The molecule has 3 heterocycles. The Hall–Kier alpha value is -2.96. The highest BCUT2D eigenvalue weighted by atomic mass is 16.5. The van der Waals surface area contributed by atoms with Crippen LogP contribution in [0.2, 0.25) is 0 Å². The Morgan fingerprint density at radius 2 is 1.93 bits per heavy atom. The van der Waals surface area contributed by atoms with Gasteiger partial charge in [0.05, 0.1) is 0 Å². The van der Waals surface area contributed by atoms with E-state index in [9.17, 15) is 4.79 Å². The number of amides is 1. The van der Waals surface area contributed by atoms with Crippen molar-refractivity contribution in [2.45, 2.75) is 45.4 Å². The second kappa shape index (κ2) is 9.03. The van der Waals surface area contributed by atoms with Gasteiger partial charge in [-0.2, -0.15) is 4.98 Å². The number of aryl methyl sites for hydroxylation is 1. The minimum Gasteiger partial charge on any atom is -0.356 e. The molecule has 0 radical (unpaired) electrons. The molecule has 1 aromatic carbocycles. The summed E-state index contributed by atoms with van der Waals surface area (Å²) < 4.78 is 5.62. The monoisotopic (exact) mass is 393 g/mol. The molecule has 1 aliphatic rings. The summed E-state index contributed by atoms with van der Waals surface area (Å²) in [7, 11) is 0. The van der Waals surface area contributed by atoms with Gasteiger partial charge in [0.1, 0.15) is 22.7 Å². The van der Waals surface area contributed by atoms with E-state index in [0.29, 0.717) is 30.9 Å². The van der Waals surface area contributed by atoms with E-state index < -0.39 is 0 Å². The highest BCUT2D eigenvalue weighted by Crippen LogP contribution is 2.34. The fraction of sp³-hybridized carbons (Fsp3) is 0.455. The summed E-state index contributed by atoms with van der Waals surface area (Å²) in [6, 6.07) is 9.99. The summed E-state index contributed by atoms with van der Waals surface area (Å²) >= 11 is 0. The van der Waals surface area contributed by atoms with Crippen LogP contribution in [0.4, 0.5) is 5.82 Å². The lowest BCUT2D eigenvalue weighted by Crippen LogP contribution is -2.31. The molecule has 2 aromatic heterocycles. The molecule has 1 aliphatic heterocycles. The van der Waals surface area contributed by atoms with E-state index in [1.165, 1.54) is 6.42 Å². The van der Waals surface area contributed by atoms with Gasteiger partial charge in [-0.3, -0.25) is 4.79 Å². The highest BCUT2D eigenvalue weighted by molar-refractivity contribution is 5.98. The Labute approximate surface area is 170 Å². The lowest BCUT2D eigenvalue weighted by atomic mass is 10.1. The first-order valence-corrected chi connectivity index (χ1v) is 10.5. The SMILES string of the molecule is CCCNC(=O)CCc1nc(N2CCCCC2)c2c(-c3ccccc3)noc2n1. The van der Waals surface area contributed by atoms with Gasteiger partial charge in [0.15, 0.2) is 0 Å². The Morgan fingerprint density at radius 1 is 1.14 bits per heavy atom. The van der Waals surface area contributed by atoms with Gasteiger partial charge >= 0.3 is 0 Å². The van der Waals surface area contributed by atoms with Crippen molar-refractivity contribution in [3.63, 3.8) is 0 Å². The minimum absolute atomic E-state index is 0.0256. The molecule has 7 heteroatoms. The van der Waals surface area contributed by atoms with Crippen LogP contribution in [0.15, 0.2) is 34.9 Å². The Balaban J connectivity index is 1.69. The van der Waals surface area contributed by atoms with E-state index in [0.717, 1.165) is 54.8 Å². The number of nitrogens with one attached hydrogen (secondary N) is 1. The van der Waals surface area contributed by atoms with E-state index >= 15 is 0 Å². The number of aromatic nitrogens is 3. The van der Waals surface area contributed by atoms with Crippen molar-refractivity contribution in [3.8, 4) is 11.3 Å². The maximum atomic E-state index is 12.0. The minimum atomic E-state index is 0.0256. The van der Waals surface area contributed by atoms with Crippen molar-refractivity contribution >= 4 is 22.8 Å². The quantitative estimate of drug-likeness (QED) is 0.658. The standard InChI is InChI=1S/C22H27N5O2/c1-2-13-23-18(28)12-11-17-24-21(27-14-7-4-8-15-27)19-20(26-29-22(19)25-17)16-9-5-3-6-10-16/h3,5-6,9-10H,2,4,7-8,11-15H2,1H3,(H,23,28). The van der Waals surface area contributed by atoms with E-state index in [1.807, 2.05) is 37.3 Å². The zero-order valence-electron chi connectivity index (χ0n) is 16.9. The topological polar surface area (TPSA) is 84.2 Å². The van der Waals surface area contributed by atoms with Crippen LogP contribution in [0.3, 0.4) is 0 Å². The number of hydrogen-bond acceptors (Lipinski definition) is 6. The van der Waals surface area contributed by atoms with E-state index in [2.05, 4.69) is 20.4 Å². The normalized spacial score (nSPS) is 14.3. The summed E-state index contributed by atoms with van der Waals surface area (Å²) in [5.74, 6) is 1.52. The van der Waals surface area contributed by atoms with Gasteiger partial charge in [-0.1, -0.05) is 42.4 Å². The van der Waals surface area contributed by atoms with Crippen LogP contribution in [-0.2, 0) is 11.2 Å². The van der Waals surface area contributed by atoms with Crippen molar-refractivity contribution in [1.82, 2.24) is 20.4 Å². The first-order chi connectivity index (χ1) is 14.3. The van der Waals surface area contributed by atoms with Crippen molar-refractivity contribution in [1.29, 1.82) is 0 Å². The van der Waals surface area contributed by atoms with Gasteiger partial charge < -0.3 is 14.7 Å². The van der Waals surface area contributed by atoms with Crippen molar-refractivity contribution in [2.24, 2.45) is 0 Å². The van der Waals surface area contributed by atoms with Gasteiger partial charge in [0, 0.05) is 38.0 Å². The van der Waals surface area contributed by atoms with Crippen molar-refractivity contribution in [2.75, 3.05) is 24.5 Å². The Bertz CT molecular complexity index is 964. The number of anilines is 1. The number of hydrogen-bond donors (Lipinski definition) is 1. The highest BCUT2D eigenvalue weighted by Gasteiger charge is 2.23. The second-order valence-electron chi connectivity index (χ2n) is 7.44. The lowest BCUT2D eigenvalue weighted by Gasteiger charge is -2.28. The molecule has 0 bridgehead atoms. The van der Waals surface area contributed by atoms with Crippen LogP contribution in [0.5, 0.6) is 0 Å². The third-order valence-corrected chi connectivity index (χ3v) is 5.21. The van der Waals surface area contributed by atoms with Gasteiger partial charge in [-0.15, -0.1) is 0 Å². The van der Waals surface area contributed by atoms with Crippen LogP contribution in [0.1, 0.15) is 44.9 Å². The first-order valence-electron chi connectivity index (χ1n) is 10.5. The summed E-state index contributed by atoms with van der Waals surface area (Å²) in [5.41, 5.74) is 2.25. The molecule has 0 unspecified atom stereocenters. The number of carbonyl (C=O) groups excluding carboxylic acids is 1. The van der Waals surface area contributed by atoms with Gasteiger partial charge in [-0.05, 0) is 25.7 Å². The molecule has 1 fully saturated rings. The summed E-state index contributed by atoms with van der Waals surface area (Å²) in [4.78, 5) is 23.8. The van der Waals surface area contributed by atoms with E-state index in [1.54, 1.807) is 0 Å². The molecule has 4 rings (SSSR count). The van der Waals surface area contributed by atoms with Gasteiger partial charge in [0.25, 0.3) is 5.71 Å². The fourth-order valence-electron chi connectivity index (χ4n) is 3.70. The molecular formula is C22H27N5O2. The van der Waals surface area contributed by atoms with Crippen LogP contribution >= 0.6 is 0 Å². The number of fused-ring (bicyclic) bond motifs is 1. The van der Waals surface area contributed by atoms with Crippen LogP contribution in [-0.4, -0.2) is 40.7 Å². The number of piperidine rings is 1. The molecule has 3 aromatic rings. The largest absolute Gasteiger partial charge is 0.356 e. The molecule has 1 N–H and O–H groups in total. The van der Waals surface area contributed by atoms with Crippen LogP contribution in [0, 0.1) is 0 Å². The maximum Gasteiger partial charge on any atom is 0.263 e. The Morgan fingerprint density at radius 3 is 2.69 bits per heavy atom. The van der Waals surface area contributed by atoms with Crippen molar-refractivity contribution in [3.05, 3.63) is 36.2 Å². The third kappa shape index (κ3) is 4.39. The molecule has 7 nitrogen and oxygen atoms in total. The predicted octanol–water partition coefficient (Wildman–Crippen LogP) is 3.73. The lowest BCUT2D eigenvalue weighted by molar-refractivity contribution is -0.121. The number of rotatable bonds is 7. The second-order valence-corrected chi connectivity index (χ2v) is 7.44. The zero-order valence-corrected chi connectivity index (χ0v) is 16.9. The zero-order chi connectivity index (χ0) is 20.1. The molecular weight excluding hydrogens is 366 g/mol. The summed E-state index contributed by atoms with van der Waals surface area (Å²) in [6.45, 7) is 4.65. The molecule has 1 saturated heterocycles. The van der Waals surface area contributed by atoms with Crippen LogP contribution in [0.25, 0.3) is 22.4 Å². The molecule has 0 spiro atoms. The van der Waals surface area contributed by atoms with E-state index in [-0.39, 0.29) is 5.91 Å². The molecule has 152 valence electrons.